The van der Waals surface area contributed by atoms with Gasteiger partial charge in [-0.2, -0.15) is 0 Å². The molecule has 8 heteroatoms. The second kappa shape index (κ2) is 6.08. The first-order valence-corrected chi connectivity index (χ1v) is 7.43. The molecular formula is C12H19N5O2S. The molecule has 2 heterocycles. The molecule has 2 rings (SSSR count). The zero-order valence-corrected chi connectivity index (χ0v) is 12.3. The second-order valence-electron chi connectivity index (χ2n) is 4.69. The maximum Gasteiger partial charge on any atom is 0.268 e. The Kier molecular flexibility index (Phi) is 4.43. The van der Waals surface area contributed by atoms with Crippen LogP contribution in [0.1, 0.15) is 29.4 Å². The Morgan fingerprint density at radius 2 is 2.05 bits per heavy atom. The van der Waals surface area contributed by atoms with Crippen LogP contribution in [0.25, 0.3) is 0 Å². The van der Waals surface area contributed by atoms with Gasteiger partial charge in [-0.25, -0.2) is 4.98 Å². The Hall–Kier alpha value is -1.83. The molecule has 0 spiro atoms. The molecule has 0 bridgehead atoms. The quantitative estimate of drug-likeness (QED) is 0.811. The number of likely N-dealkylation sites (N-methyl/N-ethyl adjacent to an activating group) is 1. The Balaban J connectivity index is 2.18. The maximum atomic E-state index is 12.4. The van der Waals surface area contributed by atoms with Gasteiger partial charge in [0.25, 0.3) is 5.91 Å². The van der Waals surface area contributed by atoms with E-state index < -0.39 is 5.91 Å². The van der Waals surface area contributed by atoms with Crippen molar-refractivity contribution >= 4 is 34.1 Å². The Bertz CT molecular complexity index is 510. The predicted octanol–water partition coefficient (Wildman–Crippen LogP) is 0.273. The summed E-state index contributed by atoms with van der Waals surface area (Å²) in [6.45, 7) is 3.97. The van der Waals surface area contributed by atoms with Crippen LogP contribution in [0.4, 0.5) is 10.9 Å². The fraction of sp³-hybridized carbons (Fsp3) is 0.583. The summed E-state index contributed by atoms with van der Waals surface area (Å²) in [7, 11) is 0. The third-order valence-corrected chi connectivity index (χ3v) is 4.35. The minimum atomic E-state index is -0.539. The number of nitrogens with two attached hydrogens (primary N) is 2. The molecule has 20 heavy (non-hydrogen) atoms. The average molecular weight is 297 g/mol. The van der Waals surface area contributed by atoms with Gasteiger partial charge in [0, 0.05) is 19.6 Å². The van der Waals surface area contributed by atoms with Crippen molar-refractivity contribution < 1.29 is 9.59 Å². The summed E-state index contributed by atoms with van der Waals surface area (Å²) in [5.74, 6) is -0.598. The molecule has 0 aromatic carbocycles. The third kappa shape index (κ3) is 3.01. The highest BCUT2D eigenvalue weighted by Crippen LogP contribution is 2.31. The Labute approximate surface area is 121 Å². The number of nitrogens with zero attached hydrogens (tertiary/aromatic N) is 3. The molecule has 1 aliphatic heterocycles. The van der Waals surface area contributed by atoms with Gasteiger partial charge in [0.15, 0.2) is 5.13 Å². The van der Waals surface area contributed by atoms with Gasteiger partial charge in [-0.1, -0.05) is 11.3 Å². The van der Waals surface area contributed by atoms with Crippen LogP contribution in [0.2, 0.25) is 0 Å². The standard InChI is InChI=1S/C12H19N5O2S/c1-2-16(7-8(13)18)11(19)9-10(14)15-12(20-9)17-5-3-4-6-17/h2-7,14H2,1H3,(H2,13,18). The number of carbonyl (C=O) groups excluding carboxylic acids is 2. The van der Waals surface area contributed by atoms with Crippen molar-refractivity contribution in [2.75, 3.05) is 36.8 Å². The van der Waals surface area contributed by atoms with Gasteiger partial charge in [0.2, 0.25) is 5.91 Å². The van der Waals surface area contributed by atoms with Crippen molar-refractivity contribution in [3.05, 3.63) is 4.88 Å². The van der Waals surface area contributed by atoms with E-state index in [0.29, 0.717) is 11.4 Å². The van der Waals surface area contributed by atoms with Crippen LogP contribution < -0.4 is 16.4 Å². The molecule has 1 aromatic heterocycles. The Morgan fingerprint density at radius 3 is 2.60 bits per heavy atom. The molecule has 1 fully saturated rings. The molecule has 4 N–H and O–H groups in total. The molecule has 0 saturated carbocycles. The number of amides is 2. The number of aromatic nitrogens is 1. The van der Waals surface area contributed by atoms with Gasteiger partial charge in [-0.05, 0) is 19.8 Å². The molecular weight excluding hydrogens is 278 g/mol. The lowest BCUT2D eigenvalue weighted by atomic mass is 10.4. The summed E-state index contributed by atoms with van der Waals surface area (Å²) in [6, 6.07) is 0. The molecule has 7 nitrogen and oxygen atoms in total. The second-order valence-corrected chi connectivity index (χ2v) is 5.67. The highest BCUT2D eigenvalue weighted by Gasteiger charge is 2.25. The fourth-order valence-electron chi connectivity index (χ4n) is 2.18. The highest BCUT2D eigenvalue weighted by molar-refractivity contribution is 7.18. The smallest absolute Gasteiger partial charge is 0.268 e. The first-order chi connectivity index (χ1) is 9.52. The van der Waals surface area contributed by atoms with E-state index in [0.717, 1.165) is 31.1 Å². The summed E-state index contributed by atoms with van der Waals surface area (Å²) in [4.78, 5) is 31.5. The van der Waals surface area contributed by atoms with E-state index in [1.165, 1.54) is 16.2 Å². The summed E-state index contributed by atoms with van der Waals surface area (Å²) in [5.41, 5.74) is 11.0. The molecule has 0 atom stereocenters. The normalized spacial score (nSPS) is 14.6. The van der Waals surface area contributed by atoms with Crippen molar-refractivity contribution in [3.8, 4) is 0 Å². The number of hydrogen-bond acceptors (Lipinski definition) is 6. The lowest BCUT2D eigenvalue weighted by molar-refractivity contribution is -0.118. The minimum Gasteiger partial charge on any atom is -0.382 e. The summed E-state index contributed by atoms with van der Waals surface area (Å²) >= 11 is 1.28. The lowest BCUT2D eigenvalue weighted by Gasteiger charge is -2.18. The molecule has 110 valence electrons. The van der Waals surface area contributed by atoms with E-state index >= 15 is 0 Å². The first kappa shape index (κ1) is 14.6. The average Bonchev–Trinajstić information content (AvgIpc) is 3.03. The van der Waals surface area contributed by atoms with Crippen LogP contribution in [0, 0.1) is 0 Å². The van der Waals surface area contributed by atoms with Gasteiger partial charge in [-0.15, -0.1) is 0 Å². The van der Waals surface area contributed by atoms with E-state index in [1.807, 2.05) is 0 Å². The Morgan fingerprint density at radius 1 is 1.40 bits per heavy atom. The number of anilines is 2. The molecule has 1 aliphatic rings. The summed E-state index contributed by atoms with van der Waals surface area (Å²) < 4.78 is 0. The molecule has 0 radical (unpaired) electrons. The van der Waals surface area contributed by atoms with Crippen molar-refractivity contribution in [3.63, 3.8) is 0 Å². The number of hydrogen-bond donors (Lipinski definition) is 2. The van der Waals surface area contributed by atoms with Gasteiger partial charge >= 0.3 is 0 Å². The van der Waals surface area contributed by atoms with Crippen molar-refractivity contribution in [1.29, 1.82) is 0 Å². The van der Waals surface area contributed by atoms with Crippen molar-refractivity contribution in [2.45, 2.75) is 19.8 Å². The van der Waals surface area contributed by atoms with Crippen LogP contribution in [0.5, 0.6) is 0 Å². The minimum absolute atomic E-state index is 0.105. The third-order valence-electron chi connectivity index (χ3n) is 3.23. The van der Waals surface area contributed by atoms with E-state index in [1.54, 1.807) is 6.92 Å². The molecule has 1 saturated heterocycles. The van der Waals surface area contributed by atoms with E-state index in [2.05, 4.69) is 9.88 Å². The molecule has 0 aliphatic carbocycles. The first-order valence-electron chi connectivity index (χ1n) is 6.61. The largest absolute Gasteiger partial charge is 0.382 e. The van der Waals surface area contributed by atoms with Crippen LogP contribution in [0.15, 0.2) is 0 Å². The van der Waals surface area contributed by atoms with Crippen molar-refractivity contribution in [1.82, 2.24) is 9.88 Å². The zero-order chi connectivity index (χ0) is 14.7. The van der Waals surface area contributed by atoms with Crippen LogP contribution in [-0.4, -0.2) is 47.9 Å². The topological polar surface area (TPSA) is 106 Å². The van der Waals surface area contributed by atoms with Crippen molar-refractivity contribution in [2.24, 2.45) is 5.73 Å². The van der Waals surface area contributed by atoms with E-state index in [9.17, 15) is 9.59 Å². The van der Waals surface area contributed by atoms with Crippen LogP contribution in [-0.2, 0) is 4.79 Å². The number of primary amides is 1. The van der Waals surface area contributed by atoms with Crippen LogP contribution >= 0.6 is 11.3 Å². The summed E-state index contributed by atoms with van der Waals surface area (Å²) in [6.07, 6.45) is 2.26. The zero-order valence-electron chi connectivity index (χ0n) is 11.5. The van der Waals surface area contributed by atoms with Gasteiger partial charge in [-0.3, -0.25) is 9.59 Å². The van der Waals surface area contributed by atoms with Gasteiger partial charge < -0.3 is 21.3 Å². The SMILES string of the molecule is CCN(CC(N)=O)C(=O)c1sc(N2CCCC2)nc1N. The summed E-state index contributed by atoms with van der Waals surface area (Å²) in [5, 5.41) is 0.776. The lowest BCUT2D eigenvalue weighted by Crippen LogP contribution is -2.38. The number of thiazole rings is 1. The highest BCUT2D eigenvalue weighted by atomic mass is 32.1. The molecule has 2 amide bonds. The predicted molar refractivity (Wildman–Crippen MR) is 78.7 cm³/mol. The monoisotopic (exact) mass is 297 g/mol. The fourth-order valence-corrected chi connectivity index (χ4v) is 3.18. The van der Waals surface area contributed by atoms with E-state index in [-0.39, 0.29) is 18.3 Å². The van der Waals surface area contributed by atoms with Gasteiger partial charge in [0.1, 0.15) is 10.7 Å². The molecule has 1 aromatic rings. The number of carbonyl (C=O) groups is 2. The molecule has 0 unspecified atom stereocenters. The van der Waals surface area contributed by atoms with E-state index in [4.69, 9.17) is 11.5 Å². The van der Waals surface area contributed by atoms with Gasteiger partial charge in [0.05, 0.1) is 6.54 Å². The number of rotatable bonds is 5. The van der Waals surface area contributed by atoms with Crippen LogP contribution in [0.3, 0.4) is 0 Å². The maximum absolute atomic E-state index is 12.4. The number of nitrogen functional groups attached to an aromatic ring is 1.